The predicted molar refractivity (Wildman–Crippen MR) is 95.4 cm³/mol. The van der Waals surface area contributed by atoms with Crippen molar-refractivity contribution in [3.05, 3.63) is 65.4 Å². The zero-order chi connectivity index (χ0) is 18.9. The first-order valence-corrected chi connectivity index (χ1v) is 9.55. The molecule has 2 amide bonds. The summed E-state index contributed by atoms with van der Waals surface area (Å²) in [7, 11) is -3.34. The van der Waals surface area contributed by atoms with Crippen molar-refractivity contribution in [3.63, 3.8) is 0 Å². The summed E-state index contributed by atoms with van der Waals surface area (Å²) >= 11 is 0. The zero-order valence-electron chi connectivity index (χ0n) is 14.1. The van der Waals surface area contributed by atoms with Gasteiger partial charge in [-0.1, -0.05) is 18.2 Å². The fraction of sp³-hybridized carbons (Fsp3) is 0.111. The Kier molecular flexibility index (Phi) is 4.52. The highest BCUT2D eigenvalue weighted by Crippen LogP contribution is 2.24. The molecule has 1 aromatic heterocycles. The van der Waals surface area contributed by atoms with E-state index in [1.807, 2.05) is 12.1 Å². The van der Waals surface area contributed by atoms with E-state index in [4.69, 9.17) is 4.42 Å². The molecule has 0 aliphatic heterocycles. The maximum Gasteiger partial charge on any atom is 0.305 e. The zero-order valence-corrected chi connectivity index (χ0v) is 14.9. The van der Waals surface area contributed by atoms with E-state index in [2.05, 4.69) is 10.9 Å². The number of rotatable bonds is 3. The summed E-state index contributed by atoms with van der Waals surface area (Å²) in [5.41, 5.74) is 6.03. The van der Waals surface area contributed by atoms with Crippen LogP contribution in [0, 0.1) is 6.92 Å². The van der Waals surface area contributed by atoms with Crippen LogP contribution >= 0.6 is 0 Å². The molecule has 2 N–H and O–H groups in total. The molecule has 0 saturated carbocycles. The van der Waals surface area contributed by atoms with Gasteiger partial charge < -0.3 is 4.42 Å². The summed E-state index contributed by atoms with van der Waals surface area (Å²) in [6.07, 6.45) is 1.08. The van der Waals surface area contributed by atoms with E-state index in [-0.39, 0.29) is 16.2 Å². The molecule has 0 saturated heterocycles. The lowest BCUT2D eigenvalue weighted by Crippen LogP contribution is -2.41. The first-order valence-electron chi connectivity index (χ1n) is 7.66. The number of carbonyl (C=O) groups is 2. The minimum Gasteiger partial charge on any atom is -0.451 e. The third-order valence-corrected chi connectivity index (χ3v) is 5.01. The lowest BCUT2D eigenvalue weighted by Gasteiger charge is -2.07. The number of aryl methyl sites for hydroxylation is 1. The fourth-order valence-electron chi connectivity index (χ4n) is 2.49. The Bertz CT molecular complexity index is 1100. The quantitative estimate of drug-likeness (QED) is 0.686. The Morgan fingerprint density at radius 2 is 1.54 bits per heavy atom. The van der Waals surface area contributed by atoms with Crippen molar-refractivity contribution in [1.29, 1.82) is 0 Å². The molecule has 0 radical (unpaired) electrons. The predicted octanol–water partition coefficient (Wildman–Crippen LogP) is 2.22. The number of hydrogen-bond donors (Lipinski definition) is 2. The minimum absolute atomic E-state index is 0.107. The van der Waals surface area contributed by atoms with Gasteiger partial charge in [0.1, 0.15) is 5.58 Å². The van der Waals surface area contributed by atoms with Crippen molar-refractivity contribution < 1.29 is 22.4 Å². The molecule has 134 valence electrons. The minimum atomic E-state index is -3.34. The molecule has 7 nitrogen and oxygen atoms in total. The number of sulfone groups is 1. The number of fused-ring (bicyclic) bond motifs is 1. The monoisotopic (exact) mass is 372 g/mol. The standard InChI is InChI=1S/C18H16N2O5S/c1-11-14-5-3-4-6-15(14)25-16(11)18(22)20-19-17(21)12-7-9-13(10-8-12)26(2,23)24/h3-10H,1-2H3,(H,19,21)(H,20,22). The van der Waals surface area contributed by atoms with E-state index in [0.29, 0.717) is 11.1 Å². The second kappa shape index (κ2) is 6.64. The number of amides is 2. The van der Waals surface area contributed by atoms with Crippen LogP contribution in [0.25, 0.3) is 11.0 Å². The summed E-state index contributed by atoms with van der Waals surface area (Å²) in [5, 5.41) is 0.820. The Morgan fingerprint density at radius 3 is 2.15 bits per heavy atom. The van der Waals surface area contributed by atoms with Crippen LogP contribution in [-0.2, 0) is 9.84 Å². The summed E-state index contributed by atoms with van der Waals surface area (Å²) in [4.78, 5) is 24.5. The molecule has 1 heterocycles. The molecule has 2 aromatic carbocycles. The molecule has 0 aliphatic rings. The van der Waals surface area contributed by atoms with Crippen LogP contribution in [0.15, 0.2) is 57.8 Å². The molecule has 26 heavy (non-hydrogen) atoms. The van der Waals surface area contributed by atoms with E-state index >= 15 is 0 Å². The number of benzene rings is 2. The van der Waals surface area contributed by atoms with Crippen LogP contribution in [0.2, 0.25) is 0 Å². The van der Waals surface area contributed by atoms with Crippen molar-refractivity contribution in [2.45, 2.75) is 11.8 Å². The van der Waals surface area contributed by atoms with Crippen molar-refractivity contribution in [2.24, 2.45) is 0 Å². The SMILES string of the molecule is Cc1c(C(=O)NNC(=O)c2ccc(S(C)(=O)=O)cc2)oc2ccccc12. The second-order valence-electron chi connectivity index (χ2n) is 5.76. The second-order valence-corrected chi connectivity index (χ2v) is 7.77. The lowest BCUT2D eigenvalue weighted by atomic mass is 10.1. The van der Waals surface area contributed by atoms with E-state index in [1.54, 1.807) is 19.1 Å². The average Bonchev–Trinajstić information content (AvgIpc) is 2.96. The third-order valence-electron chi connectivity index (χ3n) is 3.88. The molecule has 0 spiro atoms. The number of furan rings is 1. The Balaban J connectivity index is 1.70. The first kappa shape index (κ1) is 17.7. The summed E-state index contributed by atoms with van der Waals surface area (Å²) in [5.74, 6) is -1.05. The molecule has 0 aliphatic carbocycles. The van der Waals surface area contributed by atoms with E-state index in [1.165, 1.54) is 24.3 Å². The van der Waals surface area contributed by atoms with E-state index in [0.717, 1.165) is 11.6 Å². The van der Waals surface area contributed by atoms with Gasteiger partial charge in [-0.05, 0) is 37.3 Å². The van der Waals surface area contributed by atoms with Crippen LogP contribution in [0.5, 0.6) is 0 Å². The Hall–Kier alpha value is -3.13. The van der Waals surface area contributed by atoms with Crippen LogP contribution in [0.3, 0.4) is 0 Å². The molecule has 0 fully saturated rings. The third kappa shape index (κ3) is 3.45. The number of hydrazine groups is 1. The number of hydrogen-bond acceptors (Lipinski definition) is 5. The first-order chi connectivity index (χ1) is 12.3. The summed E-state index contributed by atoms with van der Waals surface area (Å²) < 4.78 is 28.4. The Morgan fingerprint density at radius 1 is 0.923 bits per heavy atom. The topological polar surface area (TPSA) is 105 Å². The van der Waals surface area contributed by atoms with Gasteiger partial charge in [0.15, 0.2) is 15.6 Å². The van der Waals surface area contributed by atoms with Gasteiger partial charge in [-0.25, -0.2) is 8.42 Å². The normalized spacial score (nSPS) is 11.3. The van der Waals surface area contributed by atoms with Crippen molar-refractivity contribution >= 4 is 32.6 Å². The van der Waals surface area contributed by atoms with Crippen LogP contribution in [0.4, 0.5) is 0 Å². The van der Waals surface area contributed by atoms with Gasteiger partial charge >= 0.3 is 5.91 Å². The molecule has 8 heteroatoms. The van der Waals surface area contributed by atoms with Gasteiger partial charge in [-0.3, -0.25) is 20.4 Å². The highest BCUT2D eigenvalue weighted by Gasteiger charge is 2.18. The van der Waals surface area contributed by atoms with Gasteiger partial charge in [0, 0.05) is 22.8 Å². The molecular formula is C18H16N2O5S. The lowest BCUT2D eigenvalue weighted by molar-refractivity contribution is 0.0831. The van der Waals surface area contributed by atoms with E-state index < -0.39 is 21.7 Å². The number of para-hydroxylation sites is 1. The molecule has 3 rings (SSSR count). The average molecular weight is 372 g/mol. The van der Waals surface area contributed by atoms with Crippen LogP contribution in [0.1, 0.15) is 26.5 Å². The van der Waals surface area contributed by atoms with Crippen molar-refractivity contribution in [2.75, 3.05) is 6.26 Å². The Labute approximate surface area is 149 Å². The maximum absolute atomic E-state index is 12.3. The van der Waals surface area contributed by atoms with Crippen LogP contribution in [-0.4, -0.2) is 26.5 Å². The molecule has 0 atom stereocenters. The van der Waals surface area contributed by atoms with Gasteiger partial charge in [0.05, 0.1) is 4.90 Å². The van der Waals surface area contributed by atoms with Gasteiger partial charge in [-0.2, -0.15) is 0 Å². The van der Waals surface area contributed by atoms with Gasteiger partial charge in [-0.15, -0.1) is 0 Å². The van der Waals surface area contributed by atoms with E-state index in [9.17, 15) is 18.0 Å². The smallest absolute Gasteiger partial charge is 0.305 e. The summed E-state index contributed by atoms with van der Waals surface area (Å²) in [6.45, 7) is 1.76. The highest BCUT2D eigenvalue weighted by molar-refractivity contribution is 7.90. The van der Waals surface area contributed by atoms with Crippen molar-refractivity contribution in [3.8, 4) is 0 Å². The largest absolute Gasteiger partial charge is 0.451 e. The fourth-order valence-corrected chi connectivity index (χ4v) is 3.12. The van der Waals surface area contributed by atoms with Crippen molar-refractivity contribution in [1.82, 2.24) is 10.9 Å². The van der Waals surface area contributed by atoms with Crippen LogP contribution < -0.4 is 10.9 Å². The highest BCUT2D eigenvalue weighted by atomic mass is 32.2. The number of carbonyl (C=O) groups excluding carboxylic acids is 2. The molecule has 3 aromatic rings. The van der Waals surface area contributed by atoms with Gasteiger partial charge in [0.2, 0.25) is 0 Å². The molecular weight excluding hydrogens is 356 g/mol. The van der Waals surface area contributed by atoms with Gasteiger partial charge in [0.25, 0.3) is 5.91 Å². The summed E-state index contributed by atoms with van der Waals surface area (Å²) in [6, 6.07) is 12.6. The maximum atomic E-state index is 12.3. The number of nitrogens with one attached hydrogen (secondary N) is 2. The molecule has 0 unspecified atom stereocenters. The molecule has 0 bridgehead atoms.